The molecule has 1 unspecified atom stereocenters. The maximum absolute atomic E-state index is 13.4. The van der Waals surface area contributed by atoms with E-state index in [4.69, 9.17) is 9.47 Å². The second-order valence-corrected chi connectivity index (χ2v) is 12.0. The van der Waals surface area contributed by atoms with Crippen LogP contribution in [0.2, 0.25) is 0 Å². The van der Waals surface area contributed by atoms with E-state index < -0.39 is 16.0 Å². The Bertz CT molecular complexity index is 1610. The summed E-state index contributed by atoms with van der Waals surface area (Å²) in [4.78, 5) is 11.9. The molecule has 4 aromatic rings. The van der Waals surface area contributed by atoms with E-state index in [1.54, 1.807) is 35.9 Å². The zero-order valence-corrected chi connectivity index (χ0v) is 23.0. The van der Waals surface area contributed by atoms with Gasteiger partial charge >= 0.3 is 5.97 Å². The highest BCUT2D eigenvalue weighted by atomic mass is 32.2. The molecule has 1 saturated heterocycles. The first-order chi connectivity index (χ1) is 18.7. The first-order valence-corrected chi connectivity index (χ1v) is 14.4. The highest BCUT2D eigenvalue weighted by molar-refractivity contribution is 7.89. The molecule has 0 aliphatic carbocycles. The van der Waals surface area contributed by atoms with Crippen molar-refractivity contribution in [2.24, 2.45) is 0 Å². The van der Waals surface area contributed by atoms with Crippen molar-refractivity contribution >= 4 is 26.9 Å². The number of carboxylic acid groups (broad SMARTS) is 1. The van der Waals surface area contributed by atoms with Crippen LogP contribution in [0.5, 0.6) is 11.5 Å². The Kier molecular flexibility index (Phi) is 7.38. The number of hydrogen-bond donors (Lipinski definition) is 1. The summed E-state index contributed by atoms with van der Waals surface area (Å²) in [6.45, 7) is 4.38. The normalized spacial score (nSPS) is 16.2. The number of benzene rings is 3. The average Bonchev–Trinajstić information content (AvgIpc) is 3.54. The Balaban J connectivity index is 1.44. The quantitative estimate of drug-likeness (QED) is 0.302. The van der Waals surface area contributed by atoms with Crippen LogP contribution >= 0.6 is 0 Å². The summed E-state index contributed by atoms with van der Waals surface area (Å²) in [5.74, 6) is 0.376. The first-order valence-electron chi connectivity index (χ1n) is 12.9. The lowest BCUT2D eigenvalue weighted by atomic mass is 9.96. The highest BCUT2D eigenvalue weighted by Crippen LogP contribution is 2.38. The monoisotopic (exact) mass is 548 g/mol. The van der Waals surface area contributed by atoms with Gasteiger partial charge in [-0.1, -0.05) is 24.3 Å². The van der Waals surface area contributed by atoms with Crippen LogP contribution in [0, 0.1) is 0 Å². The number of fused-ring (bicyclic) bond motifs is 1. The van der Waals surface area contributed by atoms with E-state index in [1.165, 1.54) is 4.31 Å². The van der Waals surface area contributed by atoms with Gasteiger partial charge in [0.2, 0.25) is 10.0 Å². The smallest absolute Gasteiger partial charge is 0.323 e. The lowest BCUT2D eigenvalue weighted by Gasteiger charge is -2.17. The fourth-order valence-corrected chi connectivity index (χ4v) is 6.72. The topological polar surface area (TPSA) is 98.1 Å². The van der Waals surface area contributed by atoms with Crippen molar-refractivity contribution in [3.8, 4) is 22.6 Å². The number of ether oxygens (including phenoxy) is 2. The van der Waals surface area contributed by atoms with Gasteiger partial charge < -0.3 is 19.1 Å². The minimum Gasteiger partial charge on any atom is -0.497 e. The van der Waals surface area contributed by atoms with E-state index in [1.807, 2.05) is 62.5 Å². The minimum atomic E-state index is -3.67. The van der Waals surface area contributed by atoms with Gasteiger partial charge in [-0.3, -0.25) is 4.79 Å². The number of sulfonamides is 1. The van der Waals surface area contributed by atoms with Crippen molar-refractivity contribution in [1.29, 1.82) is 0 Å². The van der Waals surface area contributed by atoms with Gasteiger partial charge in [0, 0.05) is 36.1 Å². The van der Waals surface area contributed by atoms with Gasteiger partial charge in [-0.15, -0.1) is 0 Å². The number of methoxy groups -OCH3 is 1. The molecular weight excluding hydrogens is 516 g/mol. The van der Waals surface area contributed by atoms with Crippen LogP contribution in [0.15, 0.2) is 77.8 Å². The van der Waals surface area contributed by atoms with Crippen molar-refractivity contribution in [3.05, 3.63) is 78.5 Å². The highest BCUT2D eigenvalue weighted by Gasteiger charge is 2.34. The van der Waals surface area contributed by atoms with Crippen LogP contribution in [0.4, 0.5) is 0 Å². The molecule has 5 rings (SSSR count). The number of aromatic nitrogens is 1. The third-order valence-corrected chi connectivity index (χ3v) is 8.93. The van der Waals surface area contributed by atoms with E-state index in [0.717, 1.165) is 33.3 Å². The molecule has 0 radical (unpaired) electrons. The van der Waals surface area contributed by atoms with E-state index in [9.17, 15) is 18.3 Å². The Morgan fingerprint density at radius 3 is 2.46 bits per heavy atom. The van der Waals surface area contributed by atoms with Crippen LogP contribution < -0.4 is 9.47 Å². The number of nitrogens with zero attached hydrogens (tertiary/aromatic N) is 2. The second-order valence-electron chi connectivity index (χ2n) is 10.1. The van der Waals surface area contributed by atoms with Crippen LogP contribution in [0.3, 0.4) is 0 Å². The zero-order chi connectivity index (χ0) is 27.7. The van der Waals surface area contributed by atoms with Crippen LogP contribution in [0.1, 0.15) is 31.7 Å². The fraction of sp³-hybridized carbons (Fsp3) is 0.300. The Morgan fingerprint density at radius 2 is 1.77 bits per heavy atom. The molecule has 1 aliphatic rings. The van der Waals surface area contributed by atoms with Gasteiger partial charge in [0.25, 0.3) is 0 Å². The molecule has 9 heteroatoms. The predicted octanol–water partition coefficient (Wildman–Crippen LogP) is 5.37. The molecule has 1 atom stereocenters. The van der Waals surface area contributed by atoms with Gasteiger partial charge in [0.1, 0.15) is 18.0 Å². The first kappa shape index (κ1) is 26.8. The largest absolute Gasteiger partial charge is 0.497 e. The average molecular weight is 549 g/mol. The maximum atomic E-state index is 13.4. The van der Waals surface area contributed by atoms with Gasteiger partial charge in [-0.05, 0) is 79.4 Å². The molecule has 1 N–H and O–H groups in total. The third-order valence-electron chi connectivity index (χ3n) is 7.05. The Morgan fingerprint density at radius 1 is 1.03 bits per heavy atom. The summed E-state index contributed by atoms with van der Waals surface area (Å²) in [5.41, 5.74) is 3.67. The standard InChI is InChI=1S/C30H32N2O6S/c1-20(2)38-24-8-10-26(11-9-24)39(35,36)32-14-13-23(17-32)28-18-31(19-30(33)34)29-16-22(7-12-27(28)29)21-5-4-6-25(15-21)37-3/h4-12,15-16,18,20,23H,13-14,17,19H2,1-3H3,(H,33,34). The number of aliphatic carboxylic acids is 1. The summed E-state index contributed by atoms with van der Waals surface area (Å²) in [6, 6.07) is 20.2. The molecule has 2 heterocycles. The molecule has 0 amide bonds. The van der Waals surface area contributed by atoms with Crippen LogP contribution in [0.25, 0.3) is 22.0 Å². The fourth-order valence-electron chi connectivity index (χ4n) is 5.22. The van der Waals surface area contributed by atoms with Crippen molar-refractivity contribution in [3.63, 3.8) is 0 Å². The molecule has 0 bridgehead atoms. The van der Waals surface area contributed by atoms with Crippen molar-refractivity contribution in [2.75, 3.05) is 20.2 Å². The van der Waals surface area contributed by atoms with Crippen molar-refractivity contribution < 1.29 is 27.8 Å². The molecule has 1 aromatic heterocycles. The van der Waals surface area contributed by atoms with Crippen molar-refractivity contribution in [1.82, 2.24) is 8.87 Å². The minimum absolute atomic E-state index is 0.00153. The summed E-state index contributed by atoms with van der Waals surface area (Å²) in [6.07, 6.45) is 2.52. The SMILES string of the molecule is COc1cccc(-c2ccc3c(C4CCN(S(=O)(=O)c5ccc(OC(C)C)cc5)C4)cn(CC(=O)O)c3c2)c1. The van der Waals surface area contributed by atoms with Gasteiger partial charge in [0.05, 0.1) is 18.1 Å². The predicted molar refractivity (Wildman–Crippen MR) is 150 cm³/mol. The van der Waals surface area contributed by atoms with E-state index in [2.05, 4.69) is 0 Å². The molecule has 8 nitrogen and oxygen atoms in total. The zero-order valence-electron chi connectivity index (χ0n) is 22.2. The van der Waals surface area contributed by atoms with E-state index in [-0.39, 0.29) is 23.5 Å². The summed E-state index contributed by atoms with van der Waals surface area (Å²) in [7, 11) is -2.06. The number of carbonyl (C=O) groups is 1. The lowest BCUT2D eigenvalue weighted by molar-refractivity contribution is -0.137. The summed E-state index contributed by atoms with van der Waals surface area (Å²) < 4.78 is 41.1. The Hall–Kier alpha value is -3.82. The van der Waals surface area contributed by atoms with Crippen molar-refractivity contribution in [2.45, 2.75) is 43.7 Å². The maximum Gasteiger partial charge on any atom is 0.323 e. The molecule has 0 saturated carbocycles. The molecule has 3 aromatic carbocycles. The Labute approximate surface area is 228 Å². The molecule has 1 aliphatic heterocycles. The van der Waals surface area contributed by atoms with Gasteiger partial charge in [0.15, 0.2) is 0 Å². The molecule has 1 fully saturated rings. The summed E-state index contributed by atoms with van der Waals surface area (Å²) in [5, 5.41) is 10.5. The lowest BCUT2D eigenvalue weighted by Crippen LogP contribution is -2.28. The van der Waals surface area contributed by atoms with Crippen LogP contribution in [-0.4, -0.2) is 54.7 Å². The van der Waals surface area contributed by atoms with E-state index >= 15 is 0 Å². The second kappa shape index (κ2) is 10.7. The van der Waals surface area contributed by atoms with E-state index in [0.29, 0.717) is 25.3 Å². The molecule has 0 spiro atoms. The van der Waals surface area contributed by atoms with Crippen LogP contribution in [-0.2, 0) is 21.4 Å². The third kappa shape index (κ3) is 5.51. The van der Waals surface area contributed by atoms with Gasteiger partial charge in [-0.25, -0.2) is 8.42 Å². The van der Waals surface area contributed by atoms with Gasteiger partial charge in [-0.2, -0.15) is 4.31 Å². The number of carboxylic acids is 1. The number of rotatable bonds is 9. The number of hydrogen-bond acceptors (Lipinski definition) is 5. The molecular formula is C30H32N2O6S. The molecule has 39 heavy (non-hydrogen) atoms. The molecule has 204 valence electrons. The summed E-state index contributed by atoms with van der Waals surface area (Å²) >= 11 is 0.